The lowest BCUT2D eigenvalue weighted by Gasteiger charge is -2.18. The molecule has 20 heavy (non-hydrogen) atoms. The summed E-state index contributed by atoms with van der Waals surface area (Å²) < 4.78 is 23.2. The second-order valence-corrected chi connectivity index (χ2v) is 9.30. The minimum Gasteiger partial charge on any atom is -0.228 e. The Morgan fingerprint density at radius 3 is 2.00 bits per heavy atom. The van der Waals surface area contributed by atoms with Crippen molar-refractivity contribution >= 4 is 9.84 Å². The second kappa shape index (κ2) is 7.82. The molecule has 0 saturated carbocycles. The molecule has 1 rings (SSSR count). The van der Waals surface area contributed by atoms with Crippen molar-refractivity contribution in [2.75, 3.05) is 5.75 Å². The van der Waals surface area contributed by atoms with Crippen molar-refractivity contribution in [3.63, 3.8) is 0 Å². The first-order valence-corrected chi connectivity index (χ1v) is 9.24. The SMILES string of the molecule is CC(C)(C)S(=O)(=O)CCCCCCCc1ccccc1. The molecule has 114 valence electrons. The van der Waals surface area contributed by atoms with Crippen LogP contribution in [-0.2, 0) is 16.3 Å². The third-order valence-electron chi connectivity index (χ3n) is 3.65. The topological polar surface area (TPSA) is 34.1 Å². The average molecular weight is 296 g/mol. The van der Waals surface area contributed by atoms with E-state index in [1.807, 2.05) is 6.07 Å². The highest BCUT2D eigenvalue weighted by Gasteiger charge is 2.27. The van der Waals surface area contributed by atoms with Crippen LogP contribution in [0.2, 0.25) is 0 Å². The molecule has 0 bridgehead atoms. The number of rotatable bonds is 8. The Bertz CT molecular complexity index is 469. The molecular formula is C17H28O2S. The second-order valence-electron chi connectivity index (χ2n) is 6.43. The summed E-state index contributed by atoms with van der Waals surface area (Å²) in [6.07, 6.45) is 6.45. The first-order chi connectivity index (χ1) is 9.33. The van der Waals surface area contributed by atoms with Gasteiger partial charge in [0, 0.05) is 0 Å². The number of hydrogen-bond donors (Lipinski definition) is 0. The lowest BCUT2D eigenvalue weighted by Crippen LogP contribution is -2.30. The van der Waals surface area contributed by atoms with E-state index in [9.17, 15) is 8.42 Å². The van der Waals surface area contributed by atoms with Crippen LogP contribution in [0.3, 0.4) is 0 Å². The first-order valence-electron chi connectivity index (χ1n) is 7.59. The van der Waals surface area contributed by atoms with E-state index in [1.165, 1.54) is 18.4 Å². The maximum atomic E-state index is 11.9. The predicted molar refractivity (Wildman–Crippen MR) is 86.8 cm³/mol. The van der Waals surface area contributed by atoms with E-state index < -0.39 is 14.6 Å². The van der Waals surface area contributed by atoms with Crippen molar-refractivity contribution in [2.45, 2.75) is 64.0 Å². The van der Waals surface area contributed by atoms with Gasteiger partial charge in [-0.15, -0.1) is 0 Å². The summed E-state index contributed by atoms with van der Waals surface area (Å²) in [4.78, 5) is 0. The van der Waals surface area contributed by atoms with Crippen molar-refractivity contribution in [2.24, 2.45) is 0 Å². The summed E-state index contributed by atoms with van der Waals surface area (Å²) in [5.74, 6) is 0.329. The minimum absolute atomic E-state index is 0.329. The van der Waals surface area contributed by atoms with Crippen molar-refractivity contribution < 1.29 is 8.42 Å². The van der Waals surface area contributed by atoms with E-state index in [2.05, 4.69) is 24.3 Å². The molecule has 0 saturated heterocycles. The third kappa shape index (κ3) is 6.08. The smallest absolute Gasteiger partial charge is 0.155 e. The highest BCUT2D eigenvalue weighted by Crippen LogP contribution is 2.18. The van der Waals surface area contributed by atoms with Crippen LogP contribution < -0.4 is 0 Å². The fraction of sp³-hybridized carbons (Fsp3) is 0.647. The molecule has 0 radical (unpaired) electrons. The molecule has 0 N–H and O–H groups in total. The molecule has 0 aliphatic carbocycles. The highest BCUT2D eigenvalue weighted by atomic mass is 32.2. The van der Waals surface area contributed by atoms with E-state index in [1.54, 1.807) is 20.8 Å². The molecule has 3 heteroatoms. The largest absolute Gasteiger partial charge is 0.228 e. The molecule has 1 aromatic carbocycles. The number of hydrogen-bond acceptors (Lipinski definition) is 2. The van der Waals surface area contributed by atoms with E-state index >= 15 is 0 Å². The number of unbranched alkanes of at least 4 members (excludes halogenated alkanes) is 4. The molecule has 0 aromatic heterocycles. The third-order valence-corrected chi connectivity index (χ3v) is 6.35. The van der Waals surface area contributed by atoms with E-state index in [-0.39, 0.29) is 0 Å². The van der Waals surface area contributed by atoms with Crippen molar-refractivity contribution in [3.8, 4) is 0 Å². The fourth-order valence-corrected chi connectivity index (χ4v) is 3.30. The maximum absolute atomic E-state index is 11.9. The van der Waals surface area contributed by atoms with Gasteiger partial charge in [0.2, 0.25) is 0 Å². The van der Waals surface area contributed by atoms with Crippen molar-refractivity contribution in [1.29, 1.82) is 0 Å². The molecule has 0 aliphatic heterocycles. The summed E-state index contributed by atoms with van der Waals surface area (Å²) in [5, 5.41) is 0. The molecule has 0 heterocycles. The summed E-state index contributed by atoms with van der Waals surface area (Å²) in [6.45, 7) is 5.34. The minimum atomic E-state index is -2.93. The predicted octanol–water partition coefficient (Wildman–Crippen LogP) is 4.39. The monoisotopic (exact) mass is 296 g/mol. The Balaban J connectivity index is 2.09. The van der Waals surface area contributed by atoms with Gasteiger partial charge in [0.1, 0.15) is 0 Å². The molecule has 0 fully saturated rings. The molecule has 0 spiro atoms. The zero-order valence-electron chi connectivity index (χ0n) is 13.1. The summed E-state index contributed by atoms with van der Waals surface area (Å²) in [5.41, 5.74) is 1.39. The quantitative estimate of drug-likeness (QED) is 0.667. The van der Waals surface area contributed by atoms with Crippen LogP contribution in [0.25, 0.3) is 0 Å². The first kappa shape index (κ1) is 17.2. The van der Waals surface area contributed by atoms with Crippen molar-refractivity contribution in [1.82, 2.24) is 0 Å². The van der Waals surface area contributed by atoms with E-state index in [4.69, 9.17) is 0 Å². The molecule has 1 aromatic rings. The highest BCUT2D eigenvalue weighted by molar-refractivity contribution is 7.92. The molecule has 0 unspecified atom stereocenters. The zero-order chi connectivity index (χ0) is 15.1. The van der Waals surface area contributed by atoms with Gasteiger partial charge in [0.25, 0.3) is 0 Å². The van der Waals surface area contributed by atoms with Gasteiger partial charge in [0.05, 0.1) is 10.5 Å². The fourth-order valence-electron chi connectivity index (χ4n) is 2.10. The van der Waals surface area contributed by atoms with Crippen LogP contribution in [0.1, 0.15) is 58.4 Å². The molecule has 0 atom stereocenters. The van der Waals surface area contributed by atoms with Gasteiger partial charge in [-0.05, 0) is 45.6 Å². The Morgan fingerprint density at radius 1 is 0.850 bits per heavy atom. The van der Waals surface area contributed by atoms with Gasteiger partial charge in [0.15, 0.2) is 9.84 Å². The summed E-state index contributed by atoms with van der Waals surface area (Å²) in [7, 11) is -2.93. The van der Waals surface area contributed by atoms with Crippen LogP contribution in [0, 0.1) is 0 Å². The maximum Gasteiger partial charge on any atom is 0.155 e. The summed E-state index contributed by atoms with van der Waals surface area (Å²) >= 11 is 0. The lowest BCUT2D eigenvalue weighted by molar-refractivity contribution is 0.552. The van der Waals surface area contributed by atoms with Crippen LogP contribution in [0.4, 0.5) is 0 Å². The van der Waals surface area contributed by atoms with Gasteiger partial charge in [-0.2, -0.15) is 0 Å². The van der Waals surface area contributed by atoms with Crippen LogP contribution in [-0.4, -0.2) is 18.9 Å². The van der Waals surface area contributed by atoms with Crippen LogP contribution in [0.5, 0.6) is 0 Å². The number of aryl methyl sites for hydroxylation is 1. The zero-order valence-corrected chi connectivity index (χ0v) is 13.9. The average Bonchev–Trinajstić information content (AvgIpc) is 2.37. The number of sulfone groups is 1. The van der Waals surface area contributed by atoms with Gasteiger partial charge in [-0.3, -0.25) is 0 Å². The molecular weight excluding hydrogens is 268 g/mol. The van der Waals surface area contributed by atoms with Gasteiger partial charge < -0.3 is 0 Å². The molecule has 2 nitrogen and oxygen atoms in total. The van der Waals surface area contributed by atoms with Gasteiger partial charge in [-0.1, -0.05) is 49.6 Å². The van der Waals surface area contributed by atoms with Gasteiger partial charge in [-0.25, -0.2) is 8.42 Å². The van der Waals surface area contributed by atoms with Crippen LogP contribution >= 0.6 is 0 Å². The normalized spacial score (nSPS) is 12.6. The Hall–Kier alpha value is -0.830. The summed E-state index contributed by atoms with van der Waals surface area (Å²) in [6, 6.07) is 10.5. The molecule has 0 aliphatic rings. The van der Waals surface area contributed by atoms with Crippen LogP contribution in [0.15, 0.2) is 30.3 Å². The number of benzene rings is 1. The van der Waals surface area contributed by atoms with Crippen molar-refractivity contribution in [3.05, 3.63) is 35.9 Å². The lowest BCUT2D eigenvalue weighted by atomic mass is 10.1. The standard InChI is InChI=1S/C17H28O2S/c1-17(2,3)20(18,19)15-11-6-4-5-8-12-16-13-9-7-10-14-16/h7,9-10,13-14H,4-6,8,11-12,15H2,1-3H3. The van der Waals surface area contributed by atoms with Gasteiger partial charge >= 0.3 is 0 Å². The Kier molecular flexibility index (Phi) is 6.74. The van der Waals surface area contributed by atoms with E-state index in [0.717, 1.165) is 25.7 Å². The van der Waals surface area contributed by atoms with E-state index in [0.29, 0.717) is 5.75 Å². The molecule has 0 amide bonds. The Labute approximate surface area is 124 Å². The Morgan fingerprint density at radius 2 is 1.40 bits per heavy atom.